The van der Waals surface area contributed by atoms with E-state index in [9.17, 15) is 13.2 Å². The lowest BCUT2D eigenvalue weighted by Gasteiger charge is -2.08. The summed E-state index contributed by atoms with van der Waals surface area (Å²) in [5.41, 5.74) is -0.771. The van der Waals surface area contributed by atoms with Crippen LogP contribution in [0.5, 0.6) is 0 Å². The van der Waals surface area contributed by atoms with E-state index in [1.807, 2.05) is 6.07 Å². The van der Waals surface area contributed by atoms with Crippen LogP contribution in [0.25, 0.3) is 6.08 Å². The molecule has 0 unspecified atom stereocenters. The van der Waals surface area contributed by atoms with Crippen molar-refractivity contribution in [3.05, 3.63) is 35.7 Å². The monoisotopic (exact) mass is 212 g/mol. The van der Waals surface area contributed by atoms with Crippen LogP contribution in [0.3, 0.4) is 0 Å². The van der Waals surface area contributed by atoms with Crippen LogP contribution in [-0.2, 0) is 6.18 Å². The molecule has 1 aromatic heterocycles. The largest absolute Gasteiger partial charge is 0.417 e. The number of nitriles is 1. The number of halogens is 3. The van der Waals surface area contributed by atoms with E-state index in [1.54, 1.807) is 0 Å². The van der Waals surface area contributed by atoms with Gasteiger partial charge in [0.25, 0.3) is 0 Å². The highest BCUT2D eigenvalue weighted by Gasteiger charge is 2.32. The van der Waals surface area contributed by atoms with Crippen LogP contribution in [0.4, 0.5) is 13.2 Å². The number of hydrogen-bond acceptors (Lipinski definition) is 2. The zero-order chi connectivity index (χ0) is 11.3. The molecule has 5 heteroatoms. The van der Waals surface area contributed by atoms with Crippen molar-refractivity contribution in [2.45, 2.75) is 12.6 Å². The van der Waals surface area contributed by atoms with Gasteiger partial charge >= 0.3 is 6.18 Å². The highest BCUT2D eigenvalue weighted by Crippen LogP contribution is 2.31. The lowest BCUT2D eigenvalue weighted by atomic mass is 10.1. The molecule has 2 nitrogen and oxygen atoms in total. The van der Waals surface area contributed by atoms with Gasteiger partial charge in [-0.1, -0.05) is 12.2 Å². The Balaban J connectivity index is 3.03. The van der Waals surface area contributed by atoms with Gasteiger partial charge < -0.3 is 0 Å². The van der Waals surface area contributed by atoms with Crippen LogP contribution < -0.4 is 0 Å². The van der Waals surface area contributed by atoms with E-state index < -0.39 is 11.7 Å². The van der Waals surface area contributed by atoms with Crippen molar-refractivity contribution < 1.29 is 13.2 Å². The minimum atomic E-state index is -4.39. The molecule has 0 aliphatic rings. The maximum atomic E-state index is 12.4. The summed E-state index contributed by atoms with van der Waals surface area (Å²) in [6.45, 7) is 0. The van der Waals surface area contributed by atoms with Crippen molar-refractivity contribution >= 4 is 6.08 Å². The first-order valence-corrected chi connectivity index (χ1v) is 4.10. The quantitative estimate of drug-likeness (QED) is 0.755. The Bertz CT molecular complexity index is 402. The molecule has 78 valence electrons. The molecule has 0 bridgehead atoms. The zero-order valence-corrected chi connectivity index (χ0v) is 7.62. The Labute approximate surface area is 84.7 Å². The maximum Gasteiger partial charge on any atom is 0.417 e. The van der Waals surface area contributed by atoms with Gasteiger partial charge in [0.05, 0.1) is 18.1 Å². The van der Waals surface area contributed by atoms with Crippen molar-refractivity contribution in [2.24, 2.45) is 0 Å². The van der Waals surface area contributed by atoms with E-state index in [4.69, 9.17) is 5.26 Å². The molecule has 0 saturated carbocycles. The zero-order valence-electron chi connectivity index (χ0n) is 7.62. The van der Waals surface area contributed by atoms with E-state index >= 15 is 0 Å². The Kier molecular flexibility index (Phi) is 3.45. The molecule has 0 aromatic carbocycles. The van der Waals surface area contributed by atoms with Crippen molar-refractivity contribution in [1.82, 2.24) is 4.98 Å². The average Bonchev–Trinajstić information content (AvgIpc) is 2.17. The minimum absolute atomic E-state index is 0.0275. The highest BCUT2D eigenvalue weighted by atomic mass is 19.4. The predicted molar refractivity (Wildman–Crippen MR) is 48.5 cm³/mol. The predicted octanol–water partition coefficient (Wildman–Crippen LogP) is 3.03. The third-order valence-corrected chi connectivity index (χ3v) is 1.66. The fourth-order valence-corrected chi connectivity index (χ4v) is 1.04. The third-order valence-electron chi connectivity index (χ3n) is 1.66. The normalized spacial score (nSPS) is 11.6. The van der Waals surface area contributed by atoms with E-state index in [2.05, 4.69) is 4.98 Å². The fourth-order valence-electron chi connectivity index (χ4n) is 1.04. The average molecular weight is 212 g/mol. The lowest BCUT2D eigenvalue weighted by Crippen LogP contribution is -2.07. The van der Waals surface area contributed by atoms with Gasteiger partial charge in [-0.25, -0.2) is 0 Å². The minimum Gasteiger partial charge on any atom is -0.264 e. The number of allylic oxidation sites excluding steroid dienone is 1. The summed E-state index contributed by atoms with van der Waals surface area (Å²) in [5, 5.41) is 8.23. The van der Waals surface area contributed by atoms with Crippen LogP contribution in [0.2, 0.25) is 0 Å². The molecular formula is C10H7F3N2. The molecule has 0 amide bonds. The first-order chi connectivity index (χ1) is 7.05. The summed E-state index contributed by atoms with van der Waals surface area (Å²) in [4.78, 5) is 3.60. The van der Waals surface area contributed by atoms with E-state index in [0.717, 1.165) is 18.5 Å². The molecule has 0 spiro atoms. The SMILES string of the molecule is N#CCC=Cc1cnccc1C(F)(F)F. The fraction of sp³-hybridized carbons (Fsp3) is 0.200. The van der Waals surface area contributed by atoms with Gasteiger partial charge in [-0.15, -0.1) is 0 Å². The summed E-state index contributed by atoms with van der Waals surface area (Å²) in [5.74, 6) is 0. The summed E-state index contributed by atoms with van der Waals surface area (Å²) >= 11 is 0. The second-order valence-electron chi connectivity index (χ2n) is 2.73. The van der Waals surface area contributed by atoms with E-state index in [1.165, 1.54) is 12.2 Å². The van der Waals surface area contributed by atoms with Gasteiger partial charge in [0.2, 0.25) is 0 Å². The molecular weight excluding hydrogens is 205 g/mol. The molecule has 1 aromatic rings. The lowest BCUT2D eigenvalue weighted by molar-refractivity contribution is -0.137. The summed E-state index contributed by atoms with van der Waals surface area (Å²) in [7, 11) is 0. The molecule has 0 N–H and O–H groups in total. The van der Waals surface area contributed by atoms with E-state index in [-0.39, 0.29) is 12.0 Å². The molecule has 0 aliphatic heterocycles. The topological polar surface area (TPSA) is 36.7 Å². The van der Waals surface area contributed by atoms with Crippen molar-refractivity contribution in [2.75, 3.05) is 0 Å². The van der Waals surface area contributed by atoms with Crippen molar-refractivity contribution in [3.8, 4) is 6.07 Å². The Morgan fingerprint density at radius 3 is 2.80 bits per heavy atom. The first-order valence-electron chi connectivity index (χ1n) is 4.10. The Morgan fingerprint density at radius 2 is 2.20 bits per heavy atom. The number of pyridine rings is 1. The van der Waals surface area contributed by atoms with Crippen LogP contribution >= 0.6 is 0 Å². The van der Waals surface area contributed by atoms with Crippen LogP contribution in [0, 0.1) is 11.3 Å². The van der Waals surface area contributed by atoms with Crippen molar-refractivity contribution in [1.29, 1.82) is 5.26 Å². The van der Waals surface area contributed by atoms with Crippen LogP contribution in [0.15, 0.2) is 24.5 Å². The standard InChI is InChI=1S/C10H7F3N2/c11-10(12,13)9-4-6-15-7-8(9)3-1-2-5-14/h1,3-4,6-7H,2H2. The molecule has 0 fully saturated rings. The summed E-state index contributed by atoms with van der Waals surface area (Å²) in [6.07, 6.45) is 0.508. The molecule has 0 saturated heterocycles. The van der Waals surface area contributed by atoms with Crippen LogP contribution in [0.1, 0.15) is 17.5 Å². The number of alkyl halides is 3. The van der Waals surface area contributed by atoms with Gasteiger partial charge in [0.1, 0.15) is 0 Å². The Morgan fingerprint density at radius 1 is 1.47 bits per heavy atom. The number of hydrogen-bond donors (Lipinski definition) is 0. The van der Waals surface area contributed by atoms with Gasteiger partial charge in [-0.3, -0.25) is 4.98 Å². The second kappa shape index (κ2) is 4.60. The molecule has 1 rings (SSSR count). The Hall–Kier alpha value is -1.83. The first kappa shape index (κ1) is 11.2. The highest BCUT2D eigenvalue weighted by molar-refractivity contribution is 5.53. The summed E-state index contributed by atoms with van der Waals surface area (Å²) in [6, 6.07) is 2.72. The molecule has 15 heavy (non-hydrogen) atoms. The molecule has 1 heterocycles. The second-order valence-corrected chi connectivity index (χ2v) is 2.73. The summed E-state index contributed by atoms with van der Waals surface area (Å²) < 4.78 is 37.3. The molecule has 0 aliphatic carbocycles. The van der Waals surface area contributed by atoms with Crippen molar-refractivity contribution in [3.63, 3.8) is 0 Å². The smallest absolute Gasteiger partial charge is 0.264 e. The van der Waals surface area contributed by atoms with Gasteiger partial charge in [0, 0.05) is 18.0 Å². The van der Waals surface area contributed by atoms with Crippen LogP contribution in [-0.4, -0.2) is 4.98 Å². The maximum absolute atomic E-state index is 12.4. The van der Waals surface area contributed by atoms with Gasteiger partial charge in [-0.05, 0) is 6.07 Å². The number of nitrogens with zero attached hydrogens (tertiary/aromatic N) is 2. The molecule has 0 radical (unpaired) electrons. The van der Waals surface area contributed by atoms with E-state index in [0.29, 0.717) is 0 Å². The molecule has 0 atom stereocenters. The number of rotatable bonds is 2. The number of aromatic nitrogens is 1. The third kappa shape index (κ3) is 3.09. The van der Waals surface area contributed by atoms with Gasteiger partial charge in [-0.2, -0.15) is 18.4 Å². The van der Waals surface area contributed by atoms with Gasteiger partial charge in [0.15, 0.2) is 0 Å².